The largest absolute Gasteiger partial charge is 0.330 e. The van der Waals surface area contributed by atoms with E-state index in [2.05, 4.69) is 35.5 Å². The van der Waals surface area contributed by atoms with Crippen molar-refractivity contribution in [2.75, 3.05) is 6.26 Å². The molecule has 0 radical (unpaired) electrons. The second-order valence-corrected chi connectivity index (χ2v) is 5.77. The normalized spacial score (nSPS) is 11.1. The Hall–Kier alpha value is -1.23. The molecule has 3 aromatic rings. The molecule has 0 fully saturated rings. The number of hydrogen-bond acceptors (Lipinski definition) is 2. The van der Waals surface area contributed by atoms with E-state index in [0.717, 1.165) is 16.7 Å². The van der Waals surface area contributed by atoms with Gasteiger partial charge >= 0.3 is 0 Å². The molecule has 0 aliphatic rings. The van der Waals surface area contributed by atoms with Gasteiger partial charge in [-0.25, -0.2) is 0 Å². The highest BCUT2D eigenvalue weighted by Gasteiger charge is 2.09. The fraction of sp³-hybridized carbons (Fsp3) is 0.0714. The zero-order valence-electron chi connectivity index (χ0n) is 10.2. The molecule has 0 aliphatic heterocycles. The molecule has 3 rings (SSSR count). The first-order valence-corrected chi connectivity index (χ1v) is 7.75. The van der Waals surface area contributed by atoms with Gasteiger partial charge in [0.25, 0.3) is 0 Å². The zero-order valence-corrected chi connectivity index (χ0v) is 12.6. The number of aromatic amines is 1. The van der Waals surface area contributed by atoms with Crippen LogP contribution in [0, 0.1) is 4.77 Å². The summed E-state index contributed by atoms with van der Waals surface area (Å²) in [5.41, 5.74) is 2.89. The van der Waals surface area contributed by atoms with Crippen molar-refractivity contribution >= 4 is 46.6 Å². The fourth-order valence-corrected chi connectivity index (χ4v) is 3.07. The third-order valence-electron chi connectivity index (χ3n) is 2.99. The number of imidazole rings is 1. The molecular formula is C14H11ClN2S2. The van der Waals surface area contributed by atoms with E-state index >= 15 is 0 Å². The van der Waals surface area contributed by atoms with Gasteiger partial charge in [-0.05, 0) is 54.9 Å². The Morgan fingerprint density at radius 2 is 1.89 bits per heavy atom. The summed E-state index contributed by atoms with van der Waals surface area (Å²) in [6, 6.07) is 14.0. The van der Waals surface area contributed by atoms with Crippen molar-refractivity contribution in [1.82, 2.24) is 9.55 Å². The first-order chi connectivity index (χ1) is 9.20. The highest BCUT2D eigenvalue weighted by molar-refractivity contribution is 7.98. The van der Waals surface area contributed by atoms with Crippen molar-refractivity contribution in [3.8, 4) is 5.69 Å². The third-order valence-corrected chi connectivity index (χ3v) is 4.32. The van der Waals surface area contributed by atoms with Gasteiger partial charge in [-0.3, -0.25) is 4.57 Å². The summed E-state index contributed by atoms with van der Waals surface area (Å²) < 4.78 is 2.62. The lowest BCUT2D eigenvalue weighted by atomic mass is 10.3. The average molecular weight is 307 g/mol. The SMILES string of the molecule is CSc1ccc(-n2c(=S)[nH]c3cccc(Cl)c32)cc1. The Morgan fingerprint density at radius 1 is 1.16 bits per heavy atom. The highest BCUT2D eigenvalue weighted by Crippen LogP contribution is 2.27. The molecule has 0 saturated carbocycles. The maximum Gasteiger partial charge on any atom is 0.182 e. The molecule has 5 heteroatoms. The molecule has 0 bridgehead atoms. The van der Waals surface area contributed by atoms with Crippen LogP contribution >= 0.6 is 35.6 Å². The van der Waals surface area contributed by atoms with Crippen LogP contribution in [0.25, 0.3) is 16.7 Å². The van der Waals surface area contributed by atoms with Gasteiger partial charge in [0.1, 0.15) is 0 Å². The van der Waals surface area contributed by atoms with Crippen molar-refractivity contribution in [2.24, 2.45) is 0 Å². The predicted octanol–water partition coefficient (Wildman–Crippen LogP) is 5.06. The van der Waals surface area contributed by atoms with Gasteiger partial charge in [0, 0.05) is 10.6 Å². The zero-order chi connectivity index (χ0) is 13.4. The van der Waals surface area contributed by atoms with E-state index in [1.54, 1.807) is 11.8 Å². The van der Waals surface area contributed by atoms with E-state index in [0.29, 0.717) is 9.79 Å². The number of fused-ring (bicyclic) bond motifs is 1. The quantitative estimate of drug-likeness (QED) is 0.527. The molecule has 1 aromatic heterocycles. The van der Waals surface area contributed by atoms with Crippen LogP contribution in [0.2, 0.25) is 5.02 Å². The van der Waals surface area contributed by atoms with Crippen molar-refractivity contribution in [3.05, 3.63) is 52.3 Å². The van der Waals surface area contributed by atoms with E-state index in [-0.39, 0.29) is 0 Å². The van der Waals surface area contributed by atoms with Crippen LogP contribution in [0.1, 0.15) is 0 Å². The first kappa shape index (κ1) is 12.8. The van der Waals surface area contributed by atoms with Crippen molar-refractivity contribution in [2.45, 2.75) is 4.90 Å². The molecule has 0 aliphatic carbocycles. The molecule has 0 atom stereocenters. The van der Waals surface area contributed by atoms with Crippen LogP contribution in [-0.4, -0.2) is 15.8 Å². The van der Waals surface area contributed by atoms with E-state index in [9.17, 15) is 0 Å². The van der Waals surface area contributed by atoms with Crippen LogP contribution < -0.4 is 0 Å². The number of halogens is 1. The molecule has 96 valence electrons. The predicted molar refractivity (Wildman–Crippen MR) is 85.3 cm³/mol. The molecule has 2 nitrogen and oxygen atoms in total. The standard InChI is InChI=1S/C14H11ClN2S2/c1-19-10-7-5-9(6-8-10)17-13-11(15)3-2-4-12(13)16-14(17)18/h2-8H,1H3,(H,16,18). The van der Waals surface area contributed by atoms with Crippen LogP contribution in [-0.2, 0) is 0 Å². The summed E-state index contributed by atoms with van der Waals surface area (Å²) >= 11 is 13.4. The van der Waals surface area contributed by atoms with Gasteiger partial charge < -0.3 is 4.98 Å². The maximum absolute atomic E-state index is 6.29. The molecule has 1 heterocycles. The number of H-pyrrole nitrogens is 1. The minimum atomic E-state index is 0.653. The average Bonchev–Trinajstić information content (AvgIpc) is 2.76. The number of nitrogens with zero attached hydrogens (tertiary/aromatic N) is 1. The number of hydrogen-bond donors (Lipinski definition) is 1. The van der Waals surface area contributed by atoms with Gasteiger partial charge in [-0.2, -0.15) is 0 Å². The first-order valence-electron chi connectivity index (χ1n) is 5.74. The summed E-state index contributed by atoms with van der Waals surface area (Å²) in [5, 5.41) is 0.693. The second kappa shape index (κ2) is 5.04. The van der Waals surface area contributed by atoms with E-state index < -0.39 is 0 Å². The van der Waals surface area contributed by atoms with Gasteiger partial charge in [-0.15, -0.1) is 11.8 Å². The number of nitrogens with one attached hydrogen (secondary N) is 1. The lowest BCUT2D eigenvalue weighted by Crippen LogP contribution is -1.94. The van der Waals surface area contributed by atoms with E-state index in [1.807, 2.05) is 22.8 Å². The van der Waals surface area contributed by atoms with Gasteiger partial charge in [0.2, 0.25) is 0 Å². The van der Waals surface area contributed by atoms with Crippen molar-refractivity contribution in [1.29, 1.82) is 0 Å². The lowest BCUT2D eigenvalue weighted by molar-refractivity contribution is 1.06. The Labute approximate surface area is 125 Å². The molecule has 0 amide bonds. The smallest absolute Gasteiger partial charge is 0.182 e. The Balaban J connectivity index is 2.29. The molecule has 0 saturated heterocycles. The minimum Gasteiger partial charge on any atom is -0.330 e. The van der Waals surface area contributed by atoms with Gasteiger partial charge in [-0.1, -0.05) is 17.7 Å². The van der Waals surface area contributed by atoms with E-state index in [1.165, 1.54) is 4.90 Å². The Bertz CT molecular complexity index is 787. The number of aromatic nitrogens is 2. The fourth-order valence-electron chi connectivity index (χ4n) is 2.09. The summed E-state index contributed by atoms with van der Waals surface area (Å²) in [7, 11) is 0. The Kier molecular flexibility index (Phi) is 3.39. The molecular weight excluding hydrogens is 296 g/mol. The second-order valence-electron chi connectivity index (χ2n) is 4.10. The number of thioether (sulfide) groups is 1. The van der Waals surface area contributed by atoms with Crippen molar-refractivity contribution in [3.63, 3.8) is 0 Å². The van der Waals surface area contributed by atoms with Crippen LogP contribution in [0.4, 0.5) is 0 Å². The molecule has 2 aromatic carbocycles. The molecule has 1 N–H and O–H groups in total. The Morgan fingerprint density at radius 3 is 2.58 bits per heavy atom. The summed E-state index contributed by atoms with van der Waals surface area (Å²) in [6.45, 7) is 0. The molecule has 0 unspecified atom stereocenters. The van der Waals surface area contributed by atoms with E-state index in [4.69, 9.17) is 23.8 Å². The minimum absolute atomic E-state index is 0.653. The van der Waals surface area contributed by atoms with Crippen LogP contribution in [0.15, 0.2) is 47.4 Å². The van der Waals surface area contributed by atoms with Crippen LogP contribution in [0.3, 0.4) is 0 Å². The number of para-hydroxylation sites is 1. The molecule has 19 heavy (non-hydrogen) atoms. The lowest BCUT2D eigenvalue weighted by Gasteiger charge is -2.06. The van der Waals surface area contributed by atoms with Crippen molar-refractivity contribution < 1.29 is 0 Å². The van der Waals surface area contributed by atoms with Gasteiger partial charge in [0.05, 0.1) is 16.1 Å². The topological polar surface area (TPSA) is 20.7 Å². The van der Waals surface area contributed by atoms with Gasteiger partial charge in [0.15, 0.2) is 4.77 Å². The summed E-state index contributed by atoms with van der Waals surface area (Å²) in [4.78, 5) is 4.41. The summed E-state index contributed by atoms with van der Waals surface area (Å²) in [6.07, 6.45) is 2.06. The maximum atomic E-state index is 6.29. The monoisotopic (exact) mass is 306 g/mol. The van der Waals surface area contributed by atoms with Crippen LogP contribution in [0.5, 0.6) is 0 Å². The summed E-state index contributed by atoms with van der Waals surface area (Å²) in [5.74, 6) is 0. The molecule has 0 spiro atoms. The number of rotatable bonds is 2. The number of benzene rings is 2. The third kappa shape index (κ3) is 2.20. The highest BCUT2D eigenvalue weighted by atomic mass is 35.5.